The molecule has 0 aliphatic heterocycles. The van der Waals surface area contributed by atoms with Crippen LogP contribution in [0.4, 0.5) is 0 Å². The van der Waals surface area contributed by atoms with Gasteiger partial charge in [0.05, 0.1) is 0 Å². The van der Waals surface area contributed by atoms with Crippen LogP contribution in [0.3, 0.4) is 0 Å². The fraction of sp³-hybridized carbons (Fsp3) is 0.900. The Bertz CT molecular complexity index is 4.83. The van der Waals surface area contributed by atoms with E-state index in [1.807, 2.05) is 41.5 Å². The van der Waals surface area contributed by atoms with Gasteiger partial charge in [0.2, 0.25) is 0 Å². The smallest absolute Gasteiger partial charge is 0 e. The van der Waals surface area contributed by atoms with Gasteiger partial charge in [0.25, 0.3) is 0 Å². The Labute approximate surface area is 90.4 Å². The van der Waals surface area contributed by atoms with Crippen LogP contribution < -0.4 is 0 Å². The SMILES string of the molecule is CC.CC.CC.CCC.[CH3-].[W]. The maximum absolute atomic E-state index is 2.12. The molecule has 0 nitrogen and oxygen atoms in total. The van der Waals surface area contributed by atoms with E-state index < -0.39 is 0 Å². The monoisotopic (exact) mass is 333 g/mol. The molecule has 0 rings (SSSR count). The molecule has 0 aromatic rings. The Hall–Kier alpha value is 0.688. The van der Waals surface area contributed by atoms with E-state index in [1.54, 1.807) is 0 Å². The summed E-state index contributed by atoms with van der Waals surface area (Å²) in [6.45, 7) is 16.2. The summed E-state index contributed by atoms with van der Waals surface area (Å²) >= 11 is 0. The minimum Gasteiger partial charge on any atom is -0.358 e. The molecule has 0 spiro atoms. The third-order valence-electron chi connectivity index (χ3n) is 0. The van der Waals surface area contributed by atoms with Gasteiger partial charge in [-0.15, -0.1) is 0 Å². The average Bonchev–Trinajstić information content (AvgIpc) is 2.01. The average molecular weight is 333 g/mol. The molecule has 0 bridgehead atoms. The zero-order valence-electron chi connectivity index (χ0n) is 10.1. The van der Waals surface area contributed by atoms with Crippen LogP contribution in [0.2, 0.25) is 0 Å². The molecule has 0 saturated heterocycles. The maximum Gasteiger partial charge on any atom is 0 e. The molecule has 0 atom stereocenters. The van der Waals surface area contributed by atoms with E-state index in [2.05, 4.69) is 13.8 Å². The second-order valence-electron chi connectivity index (χ2n) is 0.707. The Balaban J connectivity index is -0.00000000729. The van der Waals surface area contributed by atoms with Crippen molar-refractivity contribution < 1.29 is 21.1 Å². The van der Waals surface area contributed by atoms with Gasteiger partial charge in [-0.05, 0) is 0 Å². The van der Waals surface area contributed by atoms with E-state index in [1.165, 1.54) is 6.42 Å². The van der Waals surface area contributed by atoms with Crippen LogP contribution >= 0.6 is 0 Å². The minimum absolute atomic E-state index is 0. The van der Waals surface area contributed by atoms with Gasteiger partial charge < -0.3 is 7.43 Å². The van der Waals surface area contributed by atoms with Gasteiger partial charge in [0, 0.05) is 21.1 Å². The van der Waals surface area contributed by atoms with Crippen molar-refractivity contribution in [2.75, 3.05) is 0 Å². The Morgan fingerprint density at radius 2 is 0.636 bits per heavy atom. The summed E-state index contributed by atoms with van der Waals surface area (Å²) in [5.74, 6) is 0. The molecular formula is C10H29W-. The van der Waals surface area contributed by atoms with Crippen LogP contribution in [0.5, 0.6) is 0 Å². The van der Waals surface area contributed by atoms with E-state index in [0.29, 0.717) is 0 Å². The summed E-state index contributed by atoms with van der Waals surface area (Å²) in [5, 5.41) is 0. The first-order valence-electron chi connectivity index (χ1n) is 4.41. The summed E-state index contributed by atoms with van der Waals surface area (Å²) in [6.07, 6.45) is 1.25. The Morgan fingerprint density at radius 3 is 0.636 bits per heavy atom. The van der Waals surface area contributed by atoms with Gasteiger partial charge >= 0.3 is 0 Å². The second kappa shape index (κ2) is 352. The van der Waals surface area contributed by atoms with Gasteiger partial charge in [-0.2, -0.15) is 0 Å². The Morgan fingerprint density at radius 1 is 0.636 bits per heavy atom. The second-order valence-corrected chi connectivity index (χ2v) is 0.707. The quantitative estimate of drug-likeness (QED) is 0.551. The fourth-order valence-electron chi connectivity index (χ4n) is 0. The molecule has 11 heavy (non-hydrogen) atoms. The van der Waals surface area contributed by atoms with Gasteiger partial charge in [-0.1, -0.05) is 61.8 Å². The first-order valence-corrected chi connectivity index (χ1v) is 4.41. The van der Waals surface area contributed by atoms with Crippen molar-refractivity contribution in [3.63, 3.8) is 0 Å². The van der Waals surface area contributed by atoms with E-state index in [4.69, 9.17) is 0 Å². The van der Waals surface area contributed by atoms with Crippen LogP contribution in [-0.2, 0) is 21.1 Å². The Kier molecular flexibility index (Phi) is 1320. The van der Waals surface area contributed by atoms with Crippen LogP contribution in [-0.4, -0.2) is 0 Å². The molecule has 0 aliphatic rings. The molecule has 0 aliphatic carbocycles. The standard InChI is InChI=1S/C3H8.3C2H6.CH3.W/c1-3-2;3*1-2;;/h3H2,1-2H3;3*1-2H3;1H3;/q;;;;-1;. The molecule has 0 radical (unpaired) electrons. The zero-order chi connectivity index (χ0) is 8.71. The maximum atomic E-state index is 2.12. The van der Waals surface area contributed by atoms with Crippen molar-refractivity contribution in [1.82, 2.24) is 0 Å². The van der Waals surface area contributed by atoms with Crippen molar-refractivity contribution in [2.45, 2.75) is 61.8 Å². The van der Waals surface area contributed by atoms with Crippen molar-refractivity contribution >= 4 is 0 Å². The van der Waals surface area contributed by atoms with E-state index in [0.717, 1.165) is 0 Å². The largest absolute Gasteiger partial charge is 0.358 e. The molecule has 0 fully saturated rings. The molecule has 0 N–H and O–H groups in total. The predicted octanol–water partition coefficient (Wildman–Crippen LogP) is 4.94. The molecule has 0 saturated carbocycles. The van der Waals surface area contributed by atoms with Crippen molar-refractivity contribution in [1.29, 1.82) is 0 Å². The summed E-state index contributed by atoms with van der Waals surface area (Å²) in [4.78, 5) is 0. The summed E-state index contributed by atoms with van der Waals surface area (Å²) < 4.78 is 0. The topological polar surface area (TPSA) is 0 Å². The molecular weight excluding hydrogens is 304 g/mol. The molecule has 0 amide bonds. The van der Waals surface area contributed by atoms with Crippen molar-refractivity contribution in [3.05, 3.63) is 7.43 Å². The van der Waals surface area contributed by atoms with Gasteiger partial charge in [0.1, 0.15) is 0 Å². The van der Waals surface area contributed by atoms with E-state index >= 15 is 0 Å². The van der Waals surface area contributed by atoms with Gasteiger partial charge in [0.15, 0.2) is 0 Å². The summed E-state index contributed by atoms with van der Waals surface area (Å²) in [6, 6.07) is 0. The van der Waals surface area contributed by atoms with E-state index in [9.17, 15) is 0 Å². The zero-order valence-corrected chi connectivity index (χ0v) is 13.0. The first-order chi connectivity index (χ1) is 4.41. The molecule has 0 aromatic carbocycles. The number of hydrogen-bond acceptors (Lipinski definition) is 0. The number of rotatable bonds is 0. The summed E-state index contributed by atoms with van der Waals surface area (Å²) in [5.41, 5.74) is 0. The van der Waals surface area contributed by atoms with E-state index in [-0.39, 0.29) is 28.5 Å². The van der Waals surface area contributed by atoms with Crippen molar-refractivity contribution in [2.24, 2.45) is 0 Å². The third-order valence-corrected chi connectivity index (χ3v) is 0. The molecule has 1 heteroatoms. The van der Waals surface area contributed by atoms with Crippen LogP contribution in [0.15, 0.2) is 0 Å². The van der Waals surface area contributed by atoms with Crippen LogP contribution in [0, 0.1) is 7.43 Å². The summed E-state index contributed by atoms with van der Waals surface area (Å²) in [7, 11) is 0. The number of hydrogen-bond donors (Lipinski definition) is 0. The minimum atomic E-state index is 0. The molecule has 0 heterocycles. The predicted molar refractivity (Wildman–Crippen MR) is 56.4 cm³/mol. The van der Waals surface area contributed by atoms with Crippen molar-refractivity contribution in [3.8, 4) is 0 Å². The first kappa shape index (κ1) is 41.3. The third kappa shape index (κ3) is 1700. The normalized spacial score (nSPS) is 3.27. The molecule has 0 unspecified atom stereocenters. The fourth-order valence-corrected chi connectivity index (χ4v) is 0. The van der Waals surface area contributed by atoms with Gasteiger partial charge in [-0.3, -0.25) is 0 Å². The molecule has 76 valence electrons. The molecule has 0 aromatic heterocycles. The van der Waals surface area contributed by atoms with Crippen LogP contribution in [0.25, 0.3) is 0 Å². The van der Waals surface area contributed by atoms with Gasteiger partial charge in [-0.25, -0.2) is 0 Å². The van der Waals surface area contributed by atoms with Crippen LogP contribution in [0.1, 0.15) is 61.8 Å².